The van der Waals surface area contributed by atoms with Gasteiger partial charge in [0, 0.05) is 17.1 Å². The molecule has 2 rings (SSSR count). The predicted molar refractivity (Wildman–Crippen MR) is 64.3 cm³/mol. The molecule has 0 atom stereocenters. The molecule has 88 valence electrons. The summed E-state index contributed by atoms with van der Waals surface area (Å²) in [5.74, 6) is 0.935. The van der Waals surface area contributed by atoms with Gasteiger partial charge in [0.2, 0.25) is 0 Å². The fraction of sp³-hybridized carbons (Fsp3) is 0.750. The van der Waals surface area contributed by atoms with Gasteiger partial charge < -0.3 is 4.90 Å². The topological polar surface area (TPSA) is 41.9 Å². The molecule has 4 nitrogen and oxygen atoms in total. The lowest BCUT2D eigenvalue weighted by molar-refractivity contribution is 0.241. The van der Waals surface area contributed by atoms with Crippen molar-refractivity contribution in [2.24, 2.45) is 0 Å². The fourth-order valence-corrected chi connectivity index (χ4v) is 2.97. The van der Waals surface area contributed by atoms with Gasteiger partial charge in [0.25, 0.3) is 0 Å². The van der Waals surface area contributed by atoms with E-state index in [9.17, 15) is 0 Å². The first-order valence-electron chi connectivity index (χ1n) is 5.88. The summed E-state index contributed by atoms with van der Waals surface area (Å²) in [5.41, 5.74) is 0.273. The molecule has 0 amide bonds. The first-order chi connectivity index (χ1) is 7.43. The van der Waals surface area contributed by atoms with Crippen LogP contribution in [0.3, 0.4) is 0 Å². The summed E-state index contributed by atoms with van der Waals surface area (Å²) in [7, 11) is 0. The van der Waals surface area contributed by atoms with E-state index in [4.69, 9.17) is 0 Å². The van der Waals surface area contributed by atoms with E-state index in [-0.39, 0.29) is 11.1 Å². The smallest absolute Gasteiger partial charge is 0.155 e. The van der Waals surface area contributed by atoms with Crippen molar-refractivity contribution in [3.8, 4) is 0 Å². The van der Waals surface area contributed by atoms with Crippen molar-refractivity contribution < 1.29 is 0 Å². The van der Waals surface area contributed by atoms with Crippen molar-refractivity contribution in [3.05, 3.63) is 12.3 Å². The highest BCUT2D eigenvalue weighted by Gasteiger charge is 2.41. The van der Waals surface area contributed by atoms with E-state index >= 15 is 0 Å². The minimum atomic E-state index is 0.137. The van der Waals surface area contributed by atoms with E-state index < -0.39 is 0 Å². The van der Waals surface area contributed by atoms with Crippen molar-refractivity contribution in [1.29, 1.82) is 0 Å². The van der Waals surface area contributed by atoms with Gasteiger partial charge in [-0.25, -0.2) is 0 Å². The Balaban J connectivity index is 2.41. The molecule has 4 heteroatoms. The van der Waals surface area contributed by atoms with Gasteiger partial charge in [-0.3, -0.25) is 0 Å². The zero-order valence-electron chi connectivity index (χ0n) is 10.6. The third-order valence-electron chi connectivity index (χ3n) is 3.51. The Hall–Kier alpha value is -1.19. The van der Waals surface area contributed by atoms with Gasteiger partial charge in [-0.1, -0.05) is 0 Å². The van der Waals surface area contributed by atoms with E-state index in [1.54, 1.807) is 6.20 Å². The highest BCUT2D eigenvalue weighted by molar-refractivity contribution is 5.44. The minimum absolute atomic E-state index is 0.137. The molecule has 1 fully saturated rings. The summed E-state index contributed by atoms with van der Waals surface area (Å²) in [4.78, 5) is 2.39. The van der Waals surface area contributed by atoms with Gasteiger partial charge >= 0.3 is 0 Å². The fourth-order valence-electron chi connectivity index (χ4n) is 2.97. The number of aromatic nitrogens is 3. The van der Waals surface area contributed by atoms with Crippen LogP contribution >= 0.6 is 0 Å². The molecule has 0 spiro atoms. The van der Waals surface area contributed by atoms with Gasteiger partial charge in [-0.15, -0.1) is 10.2 Å². The number of nitrogens with zero attached hydrogens (tertiary/aromatic N) is 4. The molecule has 1 aliphatic rings. The second-order valence-electron chi connectivity index (χ2n) is 5.79. The molecule has 1 saturated heterocycles. The summed E-state index contributed by atoms with van der Waals surface area (Å²) < 4.78 is 0. The molecular weight excluding hydrogens is 200 g/mol. The van der Waals surface area contributed by atoms with Crippen LogP contribution in [0.4, 0.5) is 5.82 Å². The standard InChI is InChI=1S/C12H20N4/c1-11(2)7-5-8-12(3,4)16(11)10-6-9-13-15-14-10/h6,9H,5,7-8H2,1-4H3. The van der Waals surface area contributed by atoms with Gasteiger partial charge in [-0.05, 0) is 52.2 Å². The molecule has 0 aromatic carbocycles. The molecule has 0 radical (unpaired) electrons. The van der Waals surface area contributed by atoms with E-state index in [0.717, 1.165) is 5.82 Å². The Morgan fingerprint density at radius 1 is 1.12 bits per heavy atom. The van der Waals surface area contributed by atoms with Crippen LogP contribution in [0.25, 0.3) is 0 Å². The number of hydrogen-bond acceptors (Lipinski definition) is 4. The van der Waals surface area contributed by atoms with Gasteiger partial charge in [-0.2, -0.15) is 0 Å². The SMILES string of the molecule is CC1(C)CCCC(C)(C)N1c1ccnnn1. The number of rotatable bonds is 1. The quantitative estimate of drug-likeness (QED) is 0.729. The summed E-state index contributed by atoms with van der Waals surface area (Å²) in [5, 5.41) is 11.7. The Morgan fingerprint density at radius 2 is 1.75 bits per heavy atom. The van der Waals surface area contributed by atoms with Crippen LogP contribution in [0.1, 0.15) is 47.0 Å². The molecule has 16 heavy (non-hydrogen) atoms. The van der Waals surface area contributed by atoms with Crippen LogP contribution in [0.15, 0.2) is 12.3 Å². The van der Waals surface area contributed by atoms with E-state index in [0.29, 0.717) is 0 Å². The molecule has 0 unspecified atom stereocenters. The lowest BCUT2D eigenvalue weighted by atomic mass is 9.80. The maximum atomic E-state index is 4.16. The Labute approximate surface area is 97.1 Å². The second kappa shape index (κ2) is 3.68. The number of hydrogen-bond donors (Lipinski definition) is 0. The second-order valence-corrected chi connectivity index (χ2v) is 5.79. The zero-order valence-corrected chi connectivity index (χ0v) is 10.6. The largest absolute Gasteiger partial charge is 0.345 e. The van der Waals surface area contributed by atoms with E-state index in [1.807, 2.05) is 6.07 Å². The van der Waals surface area contributed by atoms with Gasteiger partial charge in [0.05, 0.1) is 6.20 Å². The molecule has 0 saturated carbocycles. The van der Waals surface area contributed by atoms with E-state index in [2.05, 4.69) is 48.0 Å². The lowest BCUT2D eigenvalue weighted by Crippen LogP contribution is -2.59. The maximum Gasteiger partial charge on any atom is 0.155 e. The Morgan fingerprint density at radius 3 is 2.25 bits per heavy atom. The van der Waals surface area contributed by atoms with Gasteiger partial charge in [0.15, 0.2) is 5.82 Å². The normalized spacial score (nSPS) is 23.1. The predicted octanol–water partition coefficient (Wildman–Crippen LogP) is 2.42. The summed E-state index contributed by atoms with van der Waals surface area (Å²) in [6, 6.07) is 1.95. The maximum absolute atomic E-state index is 4.16. The molecule has 0 aliphatic carbocycles. The summed E-state index contributed by atoms with van der Waals surface area (Å²) in [6.07, 6.45) is 5.37. The van der Waals surface area contributed by atoms with Crippen molar-refractivity contribution in [2.45, 2.75) is 58.0 Å². The summed E-state index contributed by atoms with van der Waals surface area (Å²) in [6.45, 7) is 9.10. The average molecular weight is 220 g/mol. The Bertz CT molecular complexity index is 343. The van der Waals surface area contributed by atoms with Crippen LogP contribution in [0.2, 0.25) is 0 Å². The number of anilines is 1. The molecule has 0 bridgehead atoms. The van der Waals surface area contributed by atoms with Crippen molar-refractivity contribution in [2.75, 3.05) is 4.90 Å². The Kier molecular flexibility index (Phi) is 2.60. The van der Waals surface area contributed by atoms with Crippen molar-refractivity contribution in [3.63, 3.8) is 0 Å². The first kappa shape index (κ1) is 11.3. The molecule has 1 aliphatic heterocycles. The molecule has 0 N–H and O–H groups in total. The molecule has 1 aromatic rings. The third-order valence-corrected chi connectivity index (χ3v) is 3.51. The summed E-state index contributed by atoms with van der Waals surface area (Å²) >= 11 is 0. The first-order valence-corrected chi connectivity index (χ1v) is 5.88. The lowest BCUT2D eigenvalue weighted by Gasteiger charge is -2.53. The third kappa shape index (κ3) is 1.88. The highest BCUT2D eigenvalue weighted by atomic mass is 15.4. The molecular formula is C12H20N4. The minimum Gasteiger partial charge on any atom is -0.345 e. The van der Waals surface area contributed by atoms with Crippen molar-refractivity contribution in [1.82, 2.24) is 15.4 Å². The van der Waals surface area contributed by atoms with Crippen LogP contribution in [0, 0.1) is 0 Å². The zero-order chi connectivity index (χ0) is 11.8. The van der Waals surface area contributed by atoms with Crippen LogP contribution in [0.5, 0.6) is 0 Å². The van der Waals surface area contributed by atoms with Gasteiger partial charge in [0.1, 0.15) is 0 Å². The number of piperidine rings is 1. The van der Waals surface area contributed by atoms with Crippen molar-refractivity contribution >= 4 is 5.82 Å². The molecule has 1 aromatic heterocycles. The van der Waals surface area contributed by atoms with E-state index in [1.165, 1.54) is 19.3 Å². The highest BCUT2D eigenvalue weighted by Crippen LogP contribution is 2.40. The molecule has 2 heterocycles. The van der Waals surface area contributed by atoms with Crippen LogP contribution in [-0.2, 0) is 0 Å². The van der Waals surface area contributed by atoms with Crippen LogP contribution in [-0.4, -0.2) is 26.5 Å². The van der Waals surface area contributed by atoms with Crippen LogP contribution < -0.4 is 4.90 Å². The average Bonchev–Trinajstić information content (AvgIpc) is 2.16. The monoisotopic (exact) mass is 220 g/mol.